The van der Waals surface area contributed by atoms with E-state index in [0.717, 1.165) is 23.3 Å². The molecule has 10 nitrogen and oxygen atoms in total. The molecule has 0 radical (unpaired) electrons. The van der Waals surface area contributed by atoms with Crippen molar-refractivity contribution in [2.24, 2.45) is 5.92 Å². The fourth-order valence-corrected chi connectivity index (χ4v) is 7.48. The molecule has 0 heterocycles. The second-order valence-corrected chi connectivity index (χ2v) is 13.6. The van der Waals surface area contributed by atoms with Gasteiger partial charge in [-0.1, -0.05) is 37.3 Å². The predicted molar refractivity (Wildman–Crippen MR) is 188 cm³/mol. The maximum atomic E-state index is 14.3. The van der Waals surface area contributed by atoms with Gasteiger partial charge in [-0.3, -0.25) is 14.4 Å². The zero-order chi connectivity index (χ0) is 35.8. The van der Waals surface area contributed by atoms with E-state index < -0.39 is 40.6 Å². The Balaban J connectivity index is 1.22. The van der Waals surface area contributed by atoms with E-state index in [0.29, 0.717) is 55.7 Å². The normalized spacial score (nSPS) is 16.4. The summed E-state index contributed by atoms with van der Waals surface area (Å²) in [6.07, 6.45) is 3.65. The molecular formula is C38H38FN3O7S. The Kier molecular flexibility index (Phi) is 11.9. The van der Waals surface area contributed by atoms with Crippen LogP contribution in [0.15, 0.2) is 95.9 Å². The summed E-state index contributed by atoms with van der Waals surface area (Å²) in [6, 6.07) is 23.7. The molecule has 4 N–H and O–H groups in total. The number of carbonyl (C=O) groups excluding carboxylic acids is 2. The van der Waals surface area contributed by atoms with Crippen LogP contribution in [0.4, 0.5) is 15.8 Å². The minimum Gasteiger partial charge on any atom is -0.481 e. The van der Waals surface area contributed by atoms with Crippen LogP contribution in [-0.2, 0) is 28.6 Å². The molecule has 2 amide bonds. The number of nitrogens with one attached hydrogen (secondary N) is 2. The summed E-state index contributed by atoms with van der Waals surface area (Å²) in [5.74, 6) is -4.03. The standard InChI is InChI=1S/C38H38FN3O7S/c1-2-42(31-19-14-27(15-20-31)38(47)48)50(49)32-5-3-4-28(22-32)35(43)41-34-21-16-29(39)23-33(34)36(44)40-30-17-10-25(11-18-30)7-6-24-8-12-26(13-9-24)37(45)46/h3-5,8-13,16-18,21-23,27,31H,2,6-7,14-15,19-20H2,1H3,(H,40,44)(H,41,43)(H,45,46)(H,47,48). The van der Waals surface area contributed by atoms with Gasteiger partial charge in [-0.15, -0.1) is 0 Å². The molecule has 0 aliphatic heterocycles. The molecule has 12 heteroatoms. The van der Waals surface area contributed by atoms with Gasteiger partial charge in [0.2, 0.25) is 0 Å². The summed E-state index contributed by atoms with van der Waals surface area (Å²) in [5.41, 5.74) is 2.90. The largest absolute Gasteiger partial charge is 0.481 e. The number of anilines is 2. The molecule has 1 atom stereocenters. The highest BCUT2D eigenvalue weighted by Crippen LogP contribution is 2.30. The Morgan fingerprint density at radius 2 is 1.42 bits per heavy atom. The zero-order valence-electron chi connectivity index (χ0n) is 27.4. The molecule has 1 aliphatic rings. The summed E-state index contributed by atoms with van der Waals surface area (Å²) >= 11 is 0. The Hall–Kier alpha value is -5.20. The molecule has 5 rings (SSSR count). The lowest BCUT2D eigenvalue weighted by molar-refractivity contribution is -0.143. The second-order valence-electron chi connectivity index (χ2n) is 12.2. The number of amides is 2. The van der Waals surface area contributed by atoms with E-state index in [2.05, 4.69) is 10.6 Å². The van der Waals surface area contributed by atoms with Crippen LogP contribution < -0.4 is 10.6 Å². The third-order valence-electron chi connectivity index (χ3n) is 8.87. The number of carboxylic acids is 2. The summed E-state index contributed by atoms with van der Waals surface area (Å²) in [6.45, 7) is 2.37. The van der Waals surface area contributed by atoms with Crippen molar-refractivity contribution in [2.75, 3.05) is 17.2 Å². The fraction of sp³-hybridized carbons (Fsp3) is 0.263. The van der Waals surface area contributed by atoms with Gasteiger partial charge in [0, 0.05) is 23.8 Å². The number of aliphatic carboxylic acids is 1. The number of aryl methyl sites for hydroxylation is 2. The smallest absolute Gasteiger partial charge is 0.335 e. The third kappa shape index (κ3) is 9.07. The molecule has 0 saturated heterocycles. The maximum Gasteiger partial charge on any atom is 0.335 e. The van der Waals surface area contributed by atoms with Gasteiger partial charge in [-0.2, -0.15) is 0 Å². The number of rotatable bonds is 13. The van der Waals surface area contributed by atoms with Crippen LogP contribution in [0.5, 0.6) is 0 Å². The van der Waals surface area contributed by atoms with E-state index >= 15 is 0 Å². The van der Waals surface area contributed by atoms with E-state index in [9.17, 15) is 32.9 Å². The first-order valence-corrected chi connectivity index (χ1v) is 17.5. The first kappa shape index (κ1) is 36.1. The van der Waals surface area contributed by atoms with Crippen LogP contribution in [0.1, 0.15) is 74.8 Å². The zero-order valence-corrected chi connectivity index (χ0v) is 28.3. The van der Waals surface area contributed by atoms with Gasteiger partial charge in [-0.05, 0) is 110 Å². The van der Waals surface area contributed by atoms with E-state index in [1.54, 1.807) is 54.6 Å². The van der Waals surface area contributed by atoms with E-state index in [1.165, 1.54) is 12.1 Å². The minimum absolute atomic E-state index is 0.0459. The van der Waals surface area contributed by atoms with Gasteiger partial charge < -0.3 is 20.8 Å². The summed E-state index contributed by atoms with van der Waals surface area (Å²) in [5, 5.41) is 23.8. The van der Waals surface area contributed by atoms with Gasteiger partial charge in [0.15, 0.2) is 0 Å². The monoisotopic (exact) mass is 699 g/mol. The first-order valence-electron chi connectivity index (χ1n) is 16.4. The number of benzene rings is 4. The van der Waals surface area contributed by atoms with Crippen molar-refractivity contribution < 1.29 is 38.0 Å². The maximum absolute atomic E-state index is 14.3. The lowest BCUT2D eigenvalue weighted by Gasteiger charge is -2.34. The molecule has 4 aromatic carbocycles. The third-order valence-corrected chi connectivity index (χ3v) is 10.5. The molecule has 1 fully saturated rings. The number of carboxylic acid groups (broad SMARTS) is 2. The van der Waals surface area contributed by atoms with Crippen molar-refractivity contribution in [1.29, 1.82) is 0 Å². The molecule has 1 aliphatic carbocycles. The van der Waals surface area contributed by atoms with Gasteiger partial charge in [0.1, 0.15) is 16.8 Å². The summed E-state index contributed by atoms with van der Waals surface area (Å²) in [7, 11) is -1.59. The van der Waals surface area contributed by atoms with E-state index in [-0.39, 0.29) is 34.3 Å². The first-order chi connectivity index (χ1) is 24.0. The quantitative estimate of drug-likeness (QED) is 0.120. The molecule has 1 unspecified atom stereocenters. The highest BCUT2D eigenvalue weighted by Gasteiger charge is 2.31. The highest BCUT2D eigenvalue weighted by molar-refractivity contribution is 7.82. The SMILES string of the molecule is CCN(C1CCC(C(=O)O)CC1)S(=O)c1cccc(C(=O)Nc2ccc(F)cc2C(=O)Nc2ccc(CCc3ccc(C(=O)O)cc3)cc2)c1. The van der Waals surface area contributed by atoms with Gasteiger partial charge in [0.25, 0.3) is 11.8 Å². The molecule has 260 valence electrons. The van der Waals surface area contributed by atoms with Crippen LogP contribution in [0.2, 0.25) is 0 Å². The van der Waals surface area contributed by atoms with Crippen molar-refractivity contribution in [1.82, 2.24) is 4.31 Å². The van der Waals surface area contributed by atoms with Crippen LogP contribution in [0.25, 0.3) is 0 Å². The second kappa shape index (κ2) is 16.5. The van der Waals surface area contributed by atoms with Gasteiger partial charge >= 0.3 is 11.9 Å². The number of aromatic carboxylic acids is 1. The van der Waals surface area contributed by atoms with Crippen LogP contribution >= 0.6 is 0 Å². The average molecular weight is 700 g/mol. The van der Waals surface area contributed by atoms with E-state index in [4.69, 9.17) is 5.11 Å². The Bertz CT molecular complexity index is 1890. The number of halogens is 1. The number of nitrogens with zero attached hydrogens (tertiary/aromatic N) is 1. The average Bonchev–Trinajstić information content (AvgIpc) is 3.12. The highest BCUT2D eigenvalue weighted by atomic mass is 32.2. The summed E-state index contributed by atoms with van der Waals surface area (Å²) in [4.78, 5) is 49.5. The molecule has 50 heavy (non-hydrogen) atoms. The predicted octanol–water partition coefficient (Wildman–Crippen LogP) is 6.80. The summed E-state index contributed by atoms with van der Waals surface area (Å²) < 4.78 is 29.8. The van der Waals surface area contributed by atoms with E-state index in [1.807, 2.05) is 23.4 Å². The lowest BCUT2D eigenvalue weighted by Crippen LogP contribution is -2.40. The van der Waals surface area contributed by atoms with Crippen LogP contribution in [-0.4, -0.2) is 55.1 Å². The molecule has 4 aromatic rings. The van der Waals surface area contributed by atoms with Crippen molar-refractivity contribution in [3.05, 3.63) is 125 Å². The fourth-order valence-electron chi connectivity index (χ4n) is 6.07. The van der Waals surface area contributed by atoms with Crippen molar-refractivity contribution in [3.8, 4) is 0 Å². The minimum atomic E-state index is -1.59. The number of carbonyl (C=O) groups is 4. The Morgan fingerprint density at radius 3 is 2.02 bits per heavy atom. The molecule has 0 spiro atoms. The molecular weight excluding hydrogens is 661 g/mol. The number of hydrogen-bond acceptors (Lipinski definition) is 5. The topological polar surface area (TPSA) is 153 Å². The molecule has 0 aromatic heterocycles. The lowest BCUT2D eigenvalue weighted by atomic mass is 9.86. The Morgan fingerprint density at radius 1 is 0.780 bits per heavy atom. The van der Waals surface area contributed by atoms with Crippen LogP contribution in [0, 0.1) is 11.7 Å². The van der Waals surface area contributed by atoms with Gasteiger partial charge in [-0.25, -0.2) is 17.7 Å². The Labute approximate surface area is 291 Å². The van der Waals surface area contributed by atoms with Crippen molar-refractivity contribution in [3.63, 3.8) is 0 Å². The molecule has 1 saturated carbocycles. The van der Waals surface area contributed by atoms with Crippen molar-refractivity contribution in [2.45, 2.75) is 56.4 Å². The van der Waals surface area contributed by atoms with Crippen LogP contribution in [0.3, 0.4) is 0 Å². The number of hydrogen-bond donors (Lipinski definition) is 4. The molecule has 0 bridgehead atoms. The van der Waals surface area contributed by atoms with Crippen molar-refractivity contribution >= 4 is 46.1 Å². The van der Waals surface area contributed by atoms with Gasteiger partial charge in [0.05, 0.1) is 27.6 Å².